The third-order valence-corrected chi connectivity index (χ3v) is 2.95. The fourth-order valence-corrected chi connectivity index (χ4v) is 2.00. The van der Waals surface area contributed by atoms with Crippen LogP contribution in [0.3, 0.4) is 0 Å². The molecule has 0 aliphatic heterocycles. The van der Waals surface area contributed by atoms with Gasteiger partial charge in [-0.3, -0.25) is 9.59 Å². The van der Waals surface area contributed by atoms with E-state index in [-0.39, 0.29) is 24.7 Å². The van der Waals surface area contributed by atoms with Gasteiger partial charge in [0.1, 0.15) is 5.78 Å². The summed E-state index contributed by atoms with van der Waals surface area (Å²) < 4.78 is 4.60. The van der Waals surface area contributed by atoms with Crippen LogP contribution in [0.4, 0.5) is 0 Å². The molecule has 6 heteroatoms. The lowest BCUT2D eigenvalue weighted by Crippen LogP contribution is -2.31. The number of carbonyl (C=O) groups excluding carboxylic acids is 3. The molecule has 1 unspecified atom stereocenters. The summed E-state index contributed by atoms with van der Waals surface area (Å²) >= 11 is 0. The van der Waals surface area contributed by atoms with Gasteiger partial charge in [-0.1, -0.05) is 6.42 Å². The van der Waals surface area contributed by atoms with E-state index in [0.717, 1.165) is 12.8 Å². The van der Waals surface area contributed by atoms with Crippen LogP contribution in [-0.2, 0) is 19.1 Å². The standard InChI is InChI=1S/C12H16N2O4/c1-2-18-12(17)11(14-13)10(16)7-8-5-3-4-6-9(8)15/h8H,2-7H2,1H3. The molecule has 1 rings (SSSR count). The highest BCUT2D eigenvalue weighted by atomic mass is 16.5. The lowest BCUT2D eigenvalue weighted by atomic mass is 9.84. The maximum Gasteiger partial charge on any atom is 0.441 e. The summed E-state index contributed by atoms with van der Waals surface area (Å²) in [6, 6.07) is 0. The monoisotopic (exact) mass is 252 g/mol. The maximum atomic E-state index is 11.8. The summed E-state index contributed by atoms with van der Waals surface area (Å²) in [5, 5.41) is 0. The highest BCUT2D eigenvalue weighted by molar-refractivity contribution is 6.62. The van der Waals surface area contributed by atoms with Crippen LogP contribution < -0.4 is 0 Å². The topological polar surface area (TPSA) is 96.8 Å². The average Bonchev–Trinajstić information content (AvgIpc) is 2.33. The van der Waals surface area contributed by atoms with Crippen molar-refractivity contribution >= 4 is 23.2 Å². The summed E-state index contributed by atoms with van der Waals surface area (Å²) in [7, 11) is 0. The molecule has 0 spiro atoms. The first-order valence-electron chi connectivity index (χ1n) is 6.05. The molecule has 0 N–H and O–H groups in total. The van der Waals surface area contributed by atoms with Crippen molar-refractivity contribution in [2.45, 2.75) is 39.0 Å². The predicted molar refractivity (Wildman–Crippen MR) is 61.8 cm³/mol. The first kappa shape index (κ1) is 14.3. The van der Waals surface area contributed by atoms with E-state index >= 15 is 0 Å². The van der Waals surface area contributed by atoms with Gasteiger partial charge < -0.3 is 10.3 Å². The molecule has 0 saturated heterocycles. The number of nitrogens with zero attached hydrogens (tertiary/aromatic N) is 2. The Morgan fingerprint density at radius 3 is 2.72 bits per heavy atom. The van der Waals surface area contributed by atoms with Crippen LogP contribution in [0.2, 0.25) is 0 Å². The quantitative estimate of drug-likeness (QED) is 0.239. The lowest BCUT2D eigenvalue weighted by molar-refractivity contribution is -0.142. The number of ketones is 2. The van der Waals surface area contributed by atoms with Crippen LogP contribution in [0.25, 0.3) is 5.53 Å². The molecule has 0 radical (unpaired) electrons. The van der Waals surface area contributed by atoms with E-state index in [9.17, 15) is 14.4 Å². The number of Topliss-reactive ketones (excluding diaryl/α,β-unsaturated/α-hetero) is 2. The van der Waals surface area contributed by atoms with Crippen molar-refractivity contribution in [3.63, 3.8) is 0 Å². The number of hydrogen-bond acceptors (Lipinski definition) is 4. The Kier molecular flexibility index (Phi) is 5.39. The zero-order valence-electron chi connectivity index (χ0n) is 10.3. The molecule has 1 aliphatic carbocycles. The number of ether oxygens (including phenoxy) is 1. The molecular formula is C12H16N2O4. The summed E-state index contributed by atoms with van der Waals surface area (Å²) in [5.74, 6) is -1.92. The summed E-state index contributed by atoms with van der Waals surface area (Å²) in [4.78, 5) is 37.3. The van der Waals surface area contributed by atoms with Gasteiger partial charge in [-0.15, -0.1) is 0 Å². The van der Waals surface area contributed by atoms with Crippen molar-refractivity contribution in [2.24, 2.45) is 5.92 Å². The van der Waals surface area contributed by atoms with Gasteiger partial charge >= 0.3 is 11.7 Å². The maximum absolute atomic E-state index is 11.8. The molecule has 6 nitrogen and oxygen atoms in total. The number of carbonyl (C=O) groups is 3. The third kappa shape index (κ3) is 3.60. The van der Waals surface area contributed by atoms with Gasteiger partial charge in [-0.25, -0.2) is 4.79 Å². The molecule has 1 saturated carbocycles. The molecule has 1 atom stereocenters. The third-order valence-electron chi connectivity index (χ3n) is 2.95. The minimum Gasteiger partial charge on any atom is -0.457 e. The van der Waals surface area contributed by atoms with Crippen LogP contribution >= 0.6 is 0 Å². The van der Waals surface area contributed by atoms with Crippen molar-refractivity contribution < 1.29 is 23.9 Å². The molecule has 0 heterocycles. The Bertz CT molecular complexity index is 410. The van der Waals surface area contributed by atoms with E-state index in [1.165, 1.54) is 0 Å². The largest absolute Gasteiger partial charge is 0.457 e. The number of esters is 1. The van der Waals surface area contributed by atoms with Crippen molar-refractivity contribution in [2.75, 3.05) is 6.61 Å². The van der Waals surface area contributed by atoms with E-state index in [4.69, 9.17) is 5.53 Å². The highest BCUT2D eigenvalue weighted by Crippen LogP contribution is 2.23. The fraction of sp³-hybridized carbons (Fsp3) is 0.667. The summed E-state index contributed by atoms with van der Waals surface area (Å²) in [5.41, 5.74) is 8.04. The second-order valence-electron chi connectivity index (χ2n) is 4.21. The average molecular weight is 252 g/mol. The normalized spacial score (nSPS) is 18.9. The van der Waals surface area contributed by atoms with Crippen LogP contribution in [0.5, 0.6) is 0 Å². The van der Waals surface area contributed by atoms with E-state index in [0.29, 0.717) is 12.8 Å². The lowest BCUT2D eigenvalue weighted by Gasteiger charge is -2.18. The van der Waals surface area contributed by atoms with Crippen molar-refractivity contribution in [3.8, 4) is 0 Å². The highest BCUT2D eigenvalue weighted by Gasteiger charge is 2.35. The summed E-state index contributed by atoms with van der Waals surface area (Å²) in [6.45, 7) is 1.68. The van der Waals surface area contributed by atoms with Gasteiger partial charge in [0.25, 0.3) is 5.78 Å². The van der Waals surface area contributed by atoms with Gasteiger partial charge in [-0.2, -0.15) is 4.79 Å². The Labute approximate surface area is 105 Å². The van der Waals surface area contributed by atoms with Gasteiger partial charge in [0.15, 0.2) is 0 Å². The van der Waals surface area contributed by atoms with E-state index in [1.54, 1.807) is 6.92 Å². The summed E-state index contributed by atoms with van der Waals surface area (Å²) in [6.07, 6.45) is 2.78. The first-order chi connectivity index (χ1) is 8.60. The molecule has 18 heavy (non-hydrogen) atoms. The number of rotatable bonds is 5. The Hall–Kier alpha value is -1.81. The molecule has 98 valence electrons. The van der Waals surface area contributed by atoms with Crippen molar-refractivity contribution in [1.29, 1.82) is 0 Å². The first-order valence-corrected chi connectivity index (χ1v) is 6.05. The van der Waals surface area contributed by atoms with Gasteiger partial charge in [0.2, 0.25) is 0 Å². The zero-order chi connectivity index (χ0) is 13.5. The molecular weight excluding hydrogens is 236 g/mol. The zero-order valence-corrected chi connectivity index (χ0v) is 10.3. The number of hydrogen-bond donors (Lipinski definition) is 0. The Morgan fingerprint density at radius 2 is 2.17 bits per heavy atom. The fourth-order valence-electron chi connectivity index (χ4n) is 2.00. The van der Waals surface area contributed by atoms with E-state index in [1.807, 2.05) is 0 Å². The second-order valence-corrected chi connectivity index (χ2v) is 4.21. The molecule has 0 aromatic rings. The Balaban J connectivity index is 2.65. The van der Waals surface area contributed by atoms with Gasteiger partial charge in [0.05, 0.1) is 6.61 Å². The Morgan fingerprint density at radius 1 is 1.44 bits per heavy atom. The minimum absolute atomic E-state index is 0.0377. The SMILES string of the molecule is CCOC(=O)C(=[N+]=[N-])C(=O)CC1CCCCC1=O. The second kappa shape index (κ2) is 6.81. The van der Waals surface area contributed by atoms with Crippen LogP contribution in [0, 0.1) is 5.92 Å². The predicted octanol–water partition coefficient (Wildman–Crippen LogP) is 0.939. The van der Waals surface area contributed by atoms with Crippen LogP contribution in [0.1, 0.15) is 39.0 Å². The molecule has 0 bridgehead atoms. The van der Waals surface area contributed by atoms with Crippen molar-refractivity contribution in [1.82, 2.24) is 0 Å². The van der Waals surface area contributed by atoms with Crippen molar-refractivity contribution in [3.05, 3.63) is 5.53 Å². The minimum atomic E-state index is -0.951. The van der Waals surface area contributed by atoms with Gasteiger partial charge in [-0.05, 0) is 19.8 Å². The molecule has 0 aromatic heterocycles. The van der Waals surface area contributed by atoms with E-state index in [2.05, 4.69) is 9.53 Å². The molecule has 0 aromatic carbocycles. The van der Waals surface area contributed by atoms with Crippen LogP contribution in [0.15, 0.2) is 0 Å². The van der Waals surface area contributed by atoms with Crippen LogP contribution in [-0.4, -0.2) is 34.6 Å². The smallest absolute Gasteiger partial charge is 0.441 e. The molecule has 0 amide bonds. The van der Waals surface area contributed by atoms with E-state index < -0.39 is 17.5 Å². The van der Waals surface area contributed by atoms with Gasteiger partial charge in [0, 0.05) is 18.8 Å². The molecule has 1 aliphatic rings. The molecule has 1 fully saturated rings.